The highest BCUT2D eigenvalue weighted by atomic mass is 19.1. The molecule has 3 nitrogen and oxygen atoms in total. The van der Waals surface area contributed by atoms with E-state index in [1.165, 1.54) is 17.0 Å². The van der Waals surface area contributed by atoms with Crippen LogP contribution in [0.15, 0.2) is 18.2 Å². The number of hydrogen-bond donors (Lipinski definition) is 1. The zero-order chi connectivity index (χ0) is 11.0. The fraction of sp³-hybridized carbons (Fsp3) is 0.364. The standard InChI is InChI=1S/C11H12FNO2/c1-7-2-3-10(12)9(4-7)11(15)13-5-8(14)6-13/h2-4,8,14H,5-6H2,1H3. The lowest BCUT2D eigenvalue weighted by Gasteiger charge is -2.35. The zero-order valence-corrected chi connectivity index (χ0v) is 8.40. The summed E-state index contributed by atoms with van der Waals surface area (Å²) in [6, 6.07) is 4.44. The molecule has 0 spiro atoms. The summed E-state index contributed by atoms with van der Waals surface area (Å²) in [6.07, 6.45) is -0.457. The third-order valence-corrected chi connectivity index (χ3v) is 2.50. The van der Waals surface area contributed by atoms with E-state index in [1.54, 1.807) is 13.0 Å². The van der Waals surface area contributed by atoms with Crippen LogP contribution in [0.25, 0.3) is 0 Å². The Morgan fingerprint density at radius 2 is 2.20 bits per heavy atom. The summed E-state index contributed by atoms with van der Waals surface area (Å²) in [7, 11) is 0. The molecular formula is C11H12FNO2. The van der Waals surface area contributed by atoms with Crippen LogP contribution in [-0.2, 0) is 0 Å². The first-order chi connectivity index (χ1) is 7.08. The average molecular weight is 209 g/mol. The molecule has 1 aromatic carbocycles. The number of aryl methyl sites for hydroxylation is 1. The first kappa shape index (κ1) is 10.1. The molecule has 0 aliphatic carbocycles. The van der Waals surface area contributed by atoms with Gasteiger partial charge in [-0.25, -0.2) is 4.39 Å². The maximum Gasteiger partial charge on any atom is 0.257 e. The lowest BCUT2D eigenvalue weighted by atomic mass is 10.1. The molecule has 80 valence electrons. The van der Waals surface area contributed by atoms with Gasteiger partial charge in [-0.15, -0.1) is 0 Å². The lowest BCUT2D eigenvalue weighted by Crippen LogP contribution is -2.53. The minimum atomic E-state index is -0.507. The SMILES string of the molecule is Cc1ccc(F)c(C(=O)N2CC(O)C2)c1. The van der Waals surface area contributed by atoms with Gasteiger partial charge in [0.15, 0.2) is 0 Å². The van der Waals surface area contributed by atoms with E-state index in [4.69, 9.17) is 5.11 Å². The molecule has 1 aliphatic rings. The van der Waals surface area contributed by atoms with E-state index in [0.29, 0.717) is 13.1 Å². The van der Waals surface area contributed by atoms with Gasteiger partial charge in [-0.3, -0.25) is 4.79 Å². The largest absolute Gasteiger partial charge is 0.389 e. The summed E-state index contributed by atoms with van der Waals surface area (Å²) in [6.45, 7) is 2.40. The predicted molar refractivity (Wildman–Crippen MR) is 53.0 cm³/mol. The van der Waals surface area contributed by atoms with Crippen molar-refractivity contribution in [2.24, 2.45) is 0 Å². The van der Waals surface area contributed by atoms with E-state index in [-0.39, 0.29) is 11.5 Å². The van der Waals surface area contributed by atoms with Gasteiger partial charge in [-0.05, 0) is 19.1 Å². The first-order valence-corrected chi connectivity index (χ1v) is 4.81. The second kappa shape index (κ2) is 3.62. The molecule has 1 heterocycles. The molecule has 0 aromatic heterocycles. The molecule has 0 atom stereocenters. The monoisotopic (exact) mass is 209 g/mol. The smallest absolute Gasteiger partial charge is 0.257 e. The van der Waals surface area contributed by atoms with Crippen LogP contribution in [0.2, 0.25) is 0 Å². The van der Waals surface area contributed by atoms with Crippen molar-refractivity contribution in [3.05, 3.63) is 35.1 Å². The first-order valence-electron chi connectivity index (χ1n) is 4.81. The van der Waals surface area contributed by atoms with Crippen molar-refractivity contribution in [2.75, 3.05) is 13.1 Å². The quantitative estimate of drug-likeness (QED) is 0.748. The van der Waals surface area contributed by atoms with Crippen molar-refractivity contribution >= 4 is 5.91 Å². The second-order valence-electron chi connectivity index (χ2n) is 3.85. The van der Waals surface area contributed by atoms with Crippen molar-refractivity contribution in [1.29, 1.82) is 0 Å². The molecule has 1 saturated heterocycles. The van der Waals surface area contributed by atoms with Crippen LogP contribution in [0.5, 0.6) is 0 Å². The van der Waals surface area contributed by atoms with E-state index in [1.807, 2.05) is 0 Å². The van der Waals surface area contributed by atoms with Crippen LogP contribution < -0.4 is 0 Å². The summed E-state index contributed by atoms with van der Waals surface area (Å²) < 4.78 is 13.3. The van der Waals surface area contributed by atoms with Gasteiger partial charge in [0.05, 0.1) is 11.7 Å². The van der Waals surface area contributed by atoms with Crippen LogP contribution >= 0.6 is 0 Å². The van der Waals surface area contributed by atoms with Gasteiger partial charge >= 0.3 is 0 Å². The van der Waals surface area contributed by atoms with E-state index >= 15 is 0 Å². The summed E-state index contributed by atoms with van der Waals surface area (Å²) in [5, 5.41) is 9.05. The average Bonchev–Trinajstić information content (AvgIpc) is 2.16. The molecule has 0 saturated carbocycles. The van der Waals surface area contributed by atoms with Crippen LogP contribution in [-0.4, -0.2) is 35.1 Å². The predicted octanol–water partition coefficient (Wildman–Crippen LogP) is 0.951. The Bertz CT molecular complexity index is 400. The molecule has 1 amide bonds. The molecule has 1 N–H and O–H groups in total. The van der Waals surface area contributed by atoms with Gasteiger partial charge in [0.25, 0.3) is 5.91 Å². The van der Waals surface area contributed by atoms with Crippen LogP contribution in [0, 0.1) is 12.7 Å². The minimum Gasteiger partial charge on any atom is -0.389 e. The Kier molecular flexibility index (Phi) is 2.44. The summed E-state index contributed by atoms with van der Waals surface area (Å²) in [5.74, 6) is -0.853. The number of β-amino-alcohol motifs (C(OH)–C–C–N with tert-alkyl or cyclic N) is 1. The molecule has 0 bridgehead atoms. The Hall–Kier alpha value is -1.42. The molecule has 2 rings (SSSR count). The third kappa shape index (κ3) is 1.85. The van der Waals surface area contributed by atoms with Crippen molar-refractivity contribution in [2.45, 2.75) is 13.0 Å². The Balaban J connectivity index is 2.22. The van der Waals surface area contributed by atoms with Gasteiger partial charge in [0, 0.05) is 13.1 Å². The number of nitrogens with zero attached hydrogens (tertiary/aromatic N) is 1. The maximum atomic E-state index is 13.3. The lowest BCUT2D eigenvalue weighted by molar-refractivity contribution is 0.00558. The molecule has 15 heavy (non-hydrogen) atoms. The van der Waals surface area contributed by atoms with Gasteiger partial charge in [0.1, 0.15) is 5.82 Å². The van der Waals surface area contributed by atoms with Crippen molar-refractivity contribution < 1.29 is 14.3 Å². The van der Waals surface area contributed by atoms with Crippen LogP contribution in [0.3, 0.4) is 0 Å². The molecule has 1 fully saturated rings. The number of carbonyl (C=O) groups excluding carboxylic acids is 1. The number of benzene rings is 1. The van der Waals surface area contributed by atoms with Crippen molar-refractivity contribution in [3.8, 4) is 0 Å². The van der Waals surface area contributed by atoms with Crippen molar-refractivity contribution in [3.63, 3.8) is 0 Å². The number of halogens is 1. The number of carbonyl (C=O) groups is 1. The van der Waals surface area contributed by atoms with E-state index in [0.717, 1.165) is 5.56 Å². The highest BCUT2D eigenvalue weighted by Gasteiger charge is 2.30. The molecule has 1 aliphatic heterocycles. The second-order valence-corrected chi connectivity index (χ2v) is 3.85. The highest BCUT2D eigenvalue weighted by Crippen LogP contribution is 2.16. The minimum absolute atomic E-state index is 0.0851. The molecule has 0 unspecified atom stereocenters. The number of amides is 1. The topological polar surface area (TPSA) is 40.5 Å². The van der Waals surface area contributed by atoms with Crippen molar-refractivity contribution in [1.82, 2.24) is 4.90 Å². The molecule has 4 heteroatoms. The summed E-state index contributed by atoms with van der Waals surface area (Å²) in [4.78, 5) is 13.2. The van der Waals surface area contributed by atoms with E-state index < -0.39 is 11.9 Å². The number of aliphatic hydroxyl groups excluding tert-OH is 1. The number of hydrogen-bond acceptors (Lipinski definition) is 2. The van der Waals surface area contributed by atoms with Crippen LogP contribution in [0.4, 0.5) is 4.39 Å². The Labute approximate surface area is 87.1 Å². The zero-order valence-electron chi connectivity index (χ0n) is 8.40. The normalized spacial score (nSPS) is 16.3. The fourth-order valence-corrected chi connectivity index (χ4v) is 1.59. The molecule has 1 aromatic rings. The Morgan fingerprint density at radius 1 is 1.53 bits per heavy atom. The summed E-state index contributed by atoms with van der Waals surface area (Å²) >= 11 is 0. The number of aliphatic hydroxyl groups is 1. The van der Waals surface area contributed by atoms with Gasteiger partial charge in [-0.2, -0.15) is 0 Å². The van der Waals surface area contributed by atoms with Crippen LogP contribution in [0.1, 0.15) is 15.9 Å². The van der Waals surface area contributed by atoms with Gasteiger partial charge in [-0.1, -0.05) is 11.6 Å². The van der Waals surface area contributed by atoms with E-state index in [2.05, 4.69) is 0 Å². The highest BCUT2D eigenvalue weighted by molar-refractivity contribution is 5.95. The molecular weight excluding hydrogens is 197 g/mol. The van der Waals surface area contributed by atoms with Gasteiger partial charge < -0.3 is 10.0 Å². The maximum absolute atomic E-state index is 13.3. The molecule has 0 radical (unpaired) electrons. The van der Waals surface area contributed by atoms with Gasteiger partial charge in [0.2, 0.25) is 0 Å². The summed E-state index contributed by atoms with van der Waals surface area (Å²) in [5.41, 5.74) is 0.933. The third-order valence-electron chi connectivity index (χ3n) is 2.50. The number of rotatable bonds is 1. The Morgan fingerprint density at radius 3 is 2.80 bits per heavy atom. The van der Waals surface area contributed by atoms with E-state index in [9.17, 15) is 9.18 Å². The fourth-order valence-electron chi connectivity index (χ4n) is 1.59. The number of likely N-dealkylation sites (tertiary alicyclic amines) is 1.